The monoisotopic (exact) mass is 517 g/mol. The molecule has 0 spiro atoms. The third-order valence-corrected chi connectivity index (χ3v) is 7.71. The Morgan fingerprint density at radius 3 is 2.22 bits per heavy atom. The van der Waals surface area contributed by atoms with Gasteiger partial charge in [-0.2, -0.15) is 13.2 Å². The molecule has 0 bridgehead atoms. The van der Waals surface area contributed by atoms with E-state index in [9.17, 15) is 18.0 Å². The number of rotatable bonds is 5. The average molecular weight is 517 g/mol. The standard InChI is InChI=1S/C27H35BF3N3O3/c1-18-7-8-19(15-23(18)28-36-25(2,3)26(4,5)37-28)24(35)32-21-10-9-20(22(16-21)27(29,30)31)17-34-13-11-33(6)12-14-34/h7-10,15-16H,11-14,17H2,1-6H3,(H,32,35). The molecule has 6 nitrogen and oxygen atoms in total. The maximum absolute atomic E-state index is 13.9. The van der Waals surface area contributed by atoms with E-state index in [4.69, 9.17) is 9.31 Å². The van der Waals surface area contributed by atoms with E-state index in [-0.39, 0.29) is 17.8 Å². The fourth-order valence-electron chi connectivity index (χ4n) is 4.51. The number of alkyl halides is 3. The minimum Gasteiger partial charge on any atom is -0.399 e. The molecule has 2 aromatic rings. The minimum absolute atomic E-state index is 0.0946. The van der Waals surface area contributed by atoms with Crippen molar-refractivity contribution < 1.29 is 27.3 Å². The summed E-state index contributed by atoms with van der Waals surface area (Å²) in [6, 6.07) is 9.12. The zero-order valence-corrected chi connectivity index (χ0v) is 22.3. The van der Waals surface area contributed by atoms with Gasteiger partial charge in [-0.15, -0.1) is 0 Å². The number of carbonyl (C=O) groups excluding carboxylic acids is 1. The topological polar surface area (TPSA) is 54.0 Å². The summed E-state index contributed by atoms with van der Waals surface area (Å²) < 4.78 is 54.1. The van der Waals surface area contributed by atoms with E-state index in [0.717, 1.165) is 24.7 Å². The molecule has 0 aliphatic carbocycles. The number of nitrogens with zero attached hydrogens (tertiary/aromatic N) is 2. The number of benzene rings is 2. The van der Waals surface area contributed by atoms with Gasteiger partial charge in [-0.3, -0.25) is 9.69 Å². The molecule has 2 aliphatic rings. The largest absolute Gasteiger partial charge is 0.495 e. The molecule has 4 rings (SSSR count). The van der Waals surface area contributed by atoms with Gasteiger partial charge in [-0.05, 0) is 77.0 Å². The molecule has 2 fully saturated rings. The highest BCUT2D eigenvalue weighted by Gasteiger charge is 2.52. The summed E-state index contributed by atoms with van der Waals surface area (Å²) in [6.45, 7) is 13.0. The SMILES string of the molecule is Cc1ccc(C(=O)Nc2ccc(CN3CCN(C)CC3)c(C(F)(F)F)c2)cc1B1OC(C)(C)C(C)(C)O1. The predicted molar refractivity (Wildman–Crippen MR) is 139 cm³/mol. The smallest absolute Gasteiger partial charge is 0.399 e. The van der Waals surface area contributed by atoms with E-state index >= 15 is 0 Å². The third kappa shape index (κ3) is 6.03. The normalized spacial score (nSPS) is 20.3. The van der Waals surface area contributed by atoms with Crippen LogP contribution < -0.4 is 10.8 Å². The highest BCUT2D eigenvalue weighted by Crippen LogP contribution is 2.37. The van der Waals surface area contributed by atoms with Crippen molar-refractivity contribution in [1.29, 1.82) is 0 Å². The summed E-state index contributed by atoms with van der Waals surface area (Å²) in [7, 11) is 1.35. The van der Waals surface area contributed by atoms with Crippen molar-refractivity contribution in [3.8, 4) is 0 Å². The fraction of sp³-hybridized carbons (Fsp3) is 0.519. The lowest BCUT2D eigenvalue weighted by Gasteiger charge is -2.33. The number of hydrogen-bond donors (Lipinski definition) is 1. The molecule has 2 aliphatic heterocycles. The van der Waals surface area contributed by atoms with Crippen molar-refractivity contribution in [2.75, 3.05) is 38.5 Å². The van der Waals surface area contributed by atoms with Gasteiger partial charge in [0, 0.05) is 44.0 Å². The Morgan fingerprint density at radius 2 is 1.62 bits per heavy atom. The first kappa shape index (κ1) is 27.6. The van der Waals surface area contributed by atoms with Gasteiger partial charge in [0.1, 0.15) is 0 Å². The number of hydrogen-bond acceptors (Lipinski definition) is 5. The van der Waals surface area contributed by atoms with Gasteiger partial charge >= 0.3 is 13.3 Å². The first-order valence-corrected chi connectivity index (χ1v) is 12.5. The van der Waals surface area contributed by atoms with Gasteiger partial charge in [0.15, 0.2) is 0 Å². The Kier molecular flexibility index (Phi) is 7.51. The van der Waals surface area contributed by atoms with Gasteiger partial charge in [0.25, 0.3) is 5.91 Å². The van der Waals surface area contributed by atoms with E-state index in [2.05, 4.69) is 10.2 Å². The number of halogens is 3. The number of likely N-dealkylation sites (N-methyl/N-ethyl adjacent to an activating group) is 1. The number of anilines is 1. The summed E-state index contributed by atoms with van der Waals surface area (Å²) in [5, 5.41) is 2.64. The van der Waals surface area contributed by atoms with Crippen LogP contribution in [-0.4, -0.2) is 67.3 Å². The van der Waals surface area contributed by atoms with Crippen LogP contribution in [0, 0.1) is 6.92 Å². The van der Waals surface area contributed by atoms with Crippen LogP contribution in [0.1, 0.15) is 54.7 Å². The van der Waals surface area contributed by atoms with Crippen LogP contribution in [0.2, 0.25) is 0 Å². The minimum atomic E-state index is -4.53. The van der Waals surface area contributed by atoms with Crippen LogP contribution >= 0.6 is 0 Å². The van der Waals surface area contributed by atoms with Crippen molar-refractivity contribution in [2.45, 2.75) is 58.5 Å². The van der Waals surface area contributed by atoms with Gasteiger partial charge in [0.05, 0.1) is 16.8 Å². The highest BCUT2D eigenvalue weighted by atomic mass is 19.4. The lowest BCUT2D eigenvalue weighted by molar-refractivity contribution is -0.138. The molecule has 2 heterocycles. The van der Waals surface area contributed by atoms with Crippen LogP contribution in [0.5, 0.6) is 0 Å². The average Bonchev–Trinajstić information content (AvgIpc) is 3.02. The van der Waals surface area contributed by atoms with Gasteiger partial charge in [-0.25, -0.2) is 0 Å². The van der Waals surface area contributed by atoms with E-state index < -0.39 is 36.0 Å². The Labute approximate surface area is 217 Å². The van der Waals surface area contributed by atoms with Gasteiger partial charge in [-0.1, -0.05) is 17.7 Å². The number of piperazine rings is 1. The Morgan fingerprint density at radius 1 is 1.00 bits per heavy atom. The van der Waals surface area contributed by atoms with Crippen LogP contribution in [0.4, 0.5) is 18.9 Å². The Hall–Kier alpha value is -2.40. The van der Waals surface area contributed by atoms with E-state index in [1.165, 1.54) is 12.1 Å². The second-order valence-electron chi connectivity index (χ2n) is 11.1. The number of aryl methyl sites for hydroxylation is 1. The second kappa shape index (κ2) is 10.1. The molecule has 0 radical (unpaired) electrons. The van der Waals surface area contributed by atoms with Gasteiger partial charge < -0.3 is 19.5 Å². The fourth-order valence-corrected chi connectivity index (χ4v) is 4.51. The molecule has 37 heavy (non-hydrogen) atoms. The quantitative estimate of drug-likeness (QED) is 0.600. The molecule has 1 N–H and O–H groups in total. The van der Waals surface area contributed by atoms with Crippen molar-refractivity contribution in [3.05, 3.63) is 58.7 Å². The lowest BCUT2D eigenvalue weighted by Crippen LogP contribution is -2.44. The molecule has 0 aromatic heterocycles. The first-order chi connectivity index (χ1) is 17.2. The van der Waals surface area contributed by atoms with Gasteiger partial charge in [0.2, 0.25) is 0 Å². The maximum Gasteiger partial charge on any atom is 0.495 e. The van der Waals surface area contributed by atoms with Crippen LogP contribution in [0.25, 0.3) is 0 Å². The van der Waals surface area contributed by atoms with Crippen LogP contribution in [-0.2, 0) is 22.0 Å². The first-order valence-electron chi connectivity index (χ1n) is 12.5. The van der Waals surface area contributed by atoms with Crippen molar-refractivity contribution in [2.24, 2.45) is 0 Å². The zero-order valence-electron chi connectivity index (χ0n) is 22.3. The molecule has 2 aromatic carbocycles. The molecular weight excluding hydrogens is 482 g/mol. The Balaban J connectivity index is 1.53. The molecule has 2 saturated heterocycles. The highest BCUT2D eigenvalue weighted by molar-refractivity contribution is 6.62. The summed E-state index contributed by atoms with van der Waals surface area (Å²) >= 11 is 0. The molecule has 0 saturated carbocycles. The van der Waals surface area contributed by atoms with E-state index in [1.54, 1.807) is 18.2 Å². The summed E-state index contributed by atoms with van der Waals surface area (Å²) in [5.74, 6) is -0.502. The molecule has 200 valence electrons. The van der Waals surface area contributed by atoms with E-state index in [1.807, 2.05) is 46.6 Å². The zero-order chi connectivity index (χ0) is 27.2. The number of nitrogens with one attached hydrogen (secondary N) is 1. The molecule has 10 heteroatoms. The predicted octanol–water partition coefficient (Wildman–Crippen LogP) is 4.31. The van der Waals surface area contributed by atoms with Crippen molar-refractivity contribution in [3.63, 3.8) is 0 Å². The summed E-state index contributed by atoms with van der Waals surface area (Å²) in [4.78, 5) is 17.2. The molecule has 1 amide bonds. The number of amides is 1. The molecular formula is C27H35BF3N3O3. The second-order valence-corrected chi connectivity index (χ2v) is 11.1. The Bertz CT molecular complexity index is 1150. The maximum atomic E-state index is 13.9. The third-order valence-electron chi connectivity index (χ3n) is 7.71. The van der Waals surface area contributed by atoms with Crippen LogP contribution in [0.3, 0.4) is 0 Å². The van der Waals surface area contributed by atoms with Crippen molar-refractivity contribution in [1.82, 2.24) is 9.80 Å². The molecule has 0 atom stereocenters. The van der Waals surface area contributed by atoms with Crippen molar-refractivity contribution >= 4 is 24.2 Å². The summed E-state index contributed by atoms with van der Waals surface area (Å²) in [6.07, 6.45) is -4.53. The summed E-state index contributed by atoms with van der Waals surface area (Å²) in [5.41, 5.74) is 0.402. The van der Waals surface area contributed by atoms with E-state index in [0.29, 0.717) is 24.1 Å². The van der Waals surface area contributed by atoms with Crippen LogP contribution in [0.15, 0.2) is 36.4 Å². The molecule has 0 unspecified atom stereocenters. The lowest BCUT2D eigenvalue weighted by atomic mass is 9.75. The number of carbonyl (C=O) groups is 1.